The Morgan fingerprint density at radius 2 is 1.03 bits per heavy atom. The van der Waals surface area contributed by atoms with Crippen LogP contribution in [-0.2, 0) is 9.47 Å². The second-order valence-corrected chi connectivity index (χ2v) is 11.1. The molecule has 0 spiro atoms. The Kier molecular flexibility index (Phi) is 10.3. The SMILES string of the molecule is Cc1cc(-c2ccc(-c3ccc(OCCCCCCC4CO4)cc3)cc2)ccc1OCCCCCCC1CO1. The Morgan fingerprint density at radius 1 is 0.564 bits per heavy atom. The van der Waals surface area contributed by atoms with Crippen molar-refractivity contribution in [2.24, 2.45) is 0 Å². The summed E-state index contributed by atoms with van der Waals surface area (Å²) in [5, 5.41) is 0. The molecule has 3 aromatic rings. The maximum absolute atomic E-state index is 6.07. The summed E-state index contributed by atoms with van der Waals surface area (Å²) in [7, 11) is 0. The van der Waals surface area contributed by atoms with Gasteiger partial charge in [0.25, 0.3) is 0 Å². The second-order valence-electron chi connectivity index (χ2n) is 11.1. The van der Waals surface area contributed by atoms with Crippen molar-refractivity contribution in [1.82, 2.24) is 0 Å². The molecule has 2 unspecified atom stereocenters. The number of rotatable bonds is 18. The second kappa shape index (κ2) is 14.5. The maximum atomic E-state index is 6.07. The molecule has 4 heteroatoms. The van der Waals surface area contributed by atoms with E-state index in [4.69, 9.17) is 18.9 Å². The summed E-state index contributed by atoms with van der Waals surface area (Å²) in [5.74, 6) is 1.94. The van der Waals surface area contributed by atoms with Gasteiger partial charge in [0.1, 0.15) is 11.5 Å². The molecule has 39 heavy (non-hydrogen) atoms. The number of benzene rings is 3. The fourth-order valence-corrected chi connectivity index (χ4v) is 5.09. The first-order valence-electron chi connectivity index (χ1n) is 15.0. The molecule has 0 aliphatic carbocycles. The van der Waals surface area contributed by atoms with Gasteiger partial charge in [0.2, 0.25) is 0 Å². The number of epoxide rings is 2. The summed E-state index contributed by atoms with van der Waals surface area (Å²) < 4.78 is 22.6. The third-order valence-electron chi connectivity index (χ3n) is 7.75. The summed E-state index contributed by atoms with van der Waals surface area (Å²) in [5.41, 5.74) is 6.05. The van der Waals surface area contributed by atoms with Gasteiger partial charge in [0.05, 0.1) is 38.6 Å². The fourth-order valence-electron chi connectivity index (χ4n) is 5.09. The molecule has 2 atom stereocenters. The lowest BCUT2D eigenvalue weighted by Gasteiger charge is -2.12. The molecule has 2 fully saturated rings. The van der Waals surface area contributed by atoms with Crippen LogP contribution in [-0.4, -0.2) is 38.6 Å². The first-order chi connectivity index (χ1) is 19.2. The van der Waals surface area contributed by atoms with Crippen LogP contribution >= 0.6 is 0 Å². The highest BCUT2D eigenvalue weighted by atomic mass is 16.6. The van der Waals surface area contributed by atoms with E-state index in [1.165, 1.54) is 79.2 Å². The molecule has 0 bridgehead atoms. The quantitative estimate of drug-likeness (QED) is 0.122. The Hall–Kier alpha value is -2.82. The Morgan fingerprint density at radius 3 is 1.56 bits per heavy atom. The molecular weight excluding hydrogens is 484 g/mol. The summed E-state index contributed by atoms with van der Waals surface area (Å²) in [6.45, 7) is 5.66. The molecule has 0 radical (unpaired) electrons. The van der Waals surface area contributed by atoms with Crippen LogP contribution in [0.15, 0.2) is 66.7 Å². The third-order valence-corrected chi connectivity index (χ3v) is 7.75. The average Bonchev–Trinajstić information content (AvgIpc) is 3.90. The number of hydrogen-bond acceptors (Lipinski definition) is 4. The van der Waals surface area contributed by atoms with Gasteiger partial charge >= 0.3 is 0 Å². The Bertz CT molecular complexity index is 1130. The van der Waals surface area contributed by atoms with Gasteiger partial charge in [0.15, 0.2) is 0 Å². The summed E-state index contributed by atoms with van der Waals surface area (Å²) in [4.78, 5) is 0. The summed E-state index contributed by atoms with van der Waals surface area (Å²) in [6, 6.07) is 23.8. The van der Waals surface area contributed by atoms with Crippen molar-refractivity contribution in [3.05, 3.63) is 72.3 Å². The van der Waals surface area contributed by atoms with Gasteiger partial charge in [-0.3, -0.25) is 0 Å². The summed E-state index contributed by atoms with van der Waals surface area (Å²) >= 11 is 0. The molecule has 0 amide bonds. The van der Waals surface area contributed by atoms with Crippen LogP contribution in [0.1, 0.15) is 69.8 Å². The third kappa shape index (κ3) is 9.40. The van der Waals surface area contributed by atoms with Gasteiger partial charge in [-0.2, -0.15) is 0 Å². The average molecular weight is 529 g/mol. The van der Waals surface area contributed by atoms with Gasteiger partial charge in [-0.05, 0) is 84.7 Å². The van der Waals surface area contributed by atoms with Gasteiger partial charge in [0, 0.05) is 0 Å². The molecule has 0 N–H and O–H groups in total. The minimum atomic E-state index is 0.563. The minimum absolute atomic E-state index is 0.563. The fraction of sp³-hybridized carbons (Fsp3) is 0.486. The van der Waals surface area contributed by atoms with Crippen molar-refractivity contribution in [2.75, 3.05) is 26.4 Å². The molecule has 5 rings (SSSR count). The zero-order valence-electron chi connectivity index (χ0n) is 23.5. The van der Waals surface area contributed by atoms with Crippen LogP contribution in [0.5, 0.6) is 11.5 Å². The van der Waals surface area contributed by atoms with E-state index in [0.717, 1.165) is 50.8 Å². The lowest BCUT2D eigenvalue weighted by molar-refractivity contribution is 0.301. The molecule has 3 aromatic carbocycles. The Balaban J connectivity index is 1.03. The van der Waals surface area contributed by atoms with Crippen molar-refractivity contribution >= 4 is 0 Å². The standard InChI is InChI=1S/C35H44O4/c1-27-24-31(18-21-35(27)37-23-9-5-3-7-11-34-26-39-34)30-14-12-28(13-15-30)29-16-19-32(20-17-29)36-22-8-4-2-6-10-33-25-38-33/h12-21,24,33-34H,2-11,22-23,25-26H2,1H3. The normalized spacial score (nSPS) is 17.7. The molecule has 4 nitrogen and oxygen atoms in total. The molecule has 208 valence electrons. The van der Waals surface area contributed by atoms with Crippen molar-refractivity contribution in [1.29, 1.82) is 0 Å². The van der Waals surface area contributed by atoms with Gasteiger partial charge in [-0.25, -0.2) is 0 Å². The molecular formula is C35H44O4. The molecule has 2 aliphatic rings. The van der Waals surface area contributed by atoms with Crippen LogP contribution in [0.4, 0.5) is 0 Å². The molecule has 2 saturated heterocycles. The number of unbranched alkanes of at least 4 members (excludes halogenated alkanes) is 6. The smallest absolute Gasteiger partial charge is 0.122 e. The molecule has 2 heterocycles. The van der Waals surface area contributed by atoms with Crippen molar-refractivity contribution in [3.63, 3.8) is 0 Å². The monoisotopic (exact) mass is 528 g/mol. The molecule has 0 aromatic heterocycles. The lowest BCUT2D eigenvalue weighted by atomic mass is 9.99. The van der Waals surface area contributed by atoms with E-state index in [2.05, 4.69) is 73.7 Å². The van der Waals surface area contributed by atoms with Crippen molar-refractivity contribution in [3.8, 4) is 33.8 Å². The van der Waals surface area contributed by atoms with Crippen molar-refractivity contribution in [2.45, 2.75) is 83.3 Å². The van der Waals surface area contributed by atoms with Crippen LogP contribution in [0.2, 0.25) is 0 Å². The van der Waals surface area contributed by atoms with Crippen LogP contribution in [0, 0.1) is 6.92 Å². The van der Waals surface area contributed by atoms with Gasteiger partial charge in [-0.1, -0.05) is 81.0 Å². The minimum Gasteiger partial charge on any atom is -0.494 e. The van der Waals surface area contributed by atoms with E-state index in [0.29, 0.717) is 12.2 Å². The lowest BCUT2D eigenvalue weighted by Crippen LogP contribution is -1.99. The predicted molar refractivity (Wildman–Crippen MR) is 159 cm³/mol. The molecule has 0 saturated carbocycles. The zero-order valence-corrected chi connectivity index (χ0v) is 23.5. The van der Waals surface area contributed by atoms with Crippen LogP contribution < -0.4 is 9.47 Å². The highest BCUT2D eigenvalue weighted by molar-refractivity contribution is 5.71. The molecule has 2 aliphatic heterocycles. The predicted octanol–water partition coefficient (Wildman–Crippen LogP) is 8.79. The highest BCUT2D eigenvalue weighted by Gasteiger charge is 2.21. The maximum Gasteiger partial charge on any atom is 0.122 e. The topological polar surface area (TPSA) is 43.5 Å². The summed E-state index contributed by atoms with van der Waals surface area (Å²) in [6.07, 6.45) is 13.3. The Labute approximate surface area is 234 Å². The highest BCUT2D eigenvalue weighted by Crippen LogP contribution is 2.29. The number of aryl methyl sites for hydroxylation is 1. The van der Waals surface area contributed by atoms with E-state index in [1.807, 2.05) is 0 Å². The van der Waals surface area contributed by atoms with E-state index < -0.39 is 0 Å². The van der Waals surface area contributed by atoms with E-state index in [9.17, 15) is 0 Å². The van der Waals surface area contributed by atoms with Gasteiger partial charge in [-0.15, -0.1) is 0 Å². The van der Waals surface area contributed by atoms with Crippen LogP contribution in [0.25, 0.3) is 22.3 Å². The van der Waals surface area contributed by atoms with Crippen molar-refractivity contribution < 1.29 is 18.9 Å². The zero-order chi connectivity index (χ0) is 26.7. The largest absolute Gasteiger partial charge is 0.494 e. The van der Waals surface area contributed by atoms with Crippen LogP contribution in [0.3, 0.4) is 0 Å². The first kappa shape index (κ1) is 27.7. The number of ether oxygens (including phenoxy) is 4. The van der Waals surface area contributed by atoms with Gasteiger partial charge < -0.3 is 18.9 Å². The van der Waals surface area contributed by atoms with E-state index >= 15 is 0 Å². The van der Waals surface area contributed by atoms with E-state index in [-0.39, 0.29) is 0 Å². The first-order valence-corrected chi connectivity index (χ1v) is 15.0. The number of hydrogen-bond donors (Lipinski definition) is 0. The van der Waals surface area contributed by atoms with E-state index in [1.54, 1.807) is 0 Å².